The van der Waals surface area contributed by atoms with Crippen LogP contribution in [0.2, 0.25) is 0 Å². The lowest BCUT2D eigenvalue weighted by molar-refractivity contribution is 0.0859. The molecule has 0 atom stereocenters. The molecule has 82 valence electrons. The van der Waals surface area contributed by atoms with Crippen LogP contribution in [0.5, 0.6) is 5.75 Å². The third-order valence-electron chi connectivity index (χ3n) is 2.69. The molecule has 0 spiro atoms. The first-order valence-corrected chi connectivity index (χ1v) is 6.51. The zero-order chi connectivity index (χ0) is 10.7. The predicted molar refractivity (Wildman–Crippen MR) is 70.3 cm³/mol. The van der Waals surface area contributed by atoms with Gasteiger partial charge in [0.05, 0.1) is 0 Å². The van der Waals surface area contributed by atoms with E-state index in [1.807, 2.05) is 12.1 Å². The summed E-state index contributed by atoms with van der Waals surface area (Å²) in [5.41, 5.74) is 0. The van der Waals surface area contributed by atoms with Crippen LogP contribution in [0.3, 0.4) is 0 Å². The lowest BCUT2D eigenvalue weighted by atomic mass is 9.89. The SMILES string of the molecule is CCNC1CC(Oc2cccc(I)c2)C1. The molecule has 0 aliphatic heterocycles. The van der Waals surface area contributed by atoms with Crippen molar-refractivity contribution in [2.45, 2.75) is 31.9 Å². The Morgan fingerprint density at radius 2 is 2.27 bits per heavy atom. The Labute approximate surface area is 105 Å². The Kier molecular flexibility index (Phi) is 3.86. The molecule has 0 heterocycles. The first-order valence-electron chi connectivity index (χ1n) is 5.43. The maximum Gasteiger partial charge on any atom is 0.120 e. The van der Waals surface area contributed by atoms with Crippen LogP contribution in [-0.4, -0.2) is 18.7 Å². The number of hydrogen-bond acceptors (Lipinski definition) is 2. The van der Waals surface area contributed by atoms with Gasteiger partial charge in [0, 0.05) is 9.61 Å². The molecular formula is C12H16INO. The molecule has 1 aliphatic rings. The first-order chi connectivity index (χ1) is 7.28. The van der Waals surface area contributed by atoms with E-state index in [1.54, 1.807) is 0 Å². The van der Waals surface area contributed by atoms with Crippen LogP contribution >= 0.6 is 22.6 Å². The Hall–Kier alpha value is -0.290. The second kappa shape index (κ2) is 5.16. The van der Waals surface area contributed by atoms with Crippen LogP contribution < -0.4 is 10.1 Å². The zero-order valence-electron chi connectivity index (χ0n) is 8.87. The van der Waals surface area contributed by atoms with Crippen LogP contribution in [0.15, 0.2) is 24.3 Å². The van der Waals surface area contributed by atoms with E-state index in [2.05, 4.69) is 47.0 Å². The van der Waals surface area contributed by atoms with Gasteiger partial charge in [0.15, 0.2) is 0 Å². The van der Waals surface area contributed by atoms with Crippen molar-refractivity contribution in [3.05, 3.63) is 27.8 Å². The van der Waals surface area contributed by atoms with Gasteiger partial charge in [0.25, 0.3) is 0 Å². The van der Waals surface area contributed by atoms with Crippen LogP contribution in [0.25, 0.3) is 0 Å². The third-order valence-corrected chi connectivity index (χ3v) is 3.36. The molecule has 1 saturated carbocycles. The van der Waals surface area contributed by atoms with Crippen molar-refractivity contribution in [3.63, 3.8) is 0 Å². The van der Waals surface area contributed by atoms with Gasteiger partial charge in [-0.25, -0.2) is 0 Å². The van der Waals surface area contributed by atoms with Crippen LogP contribution in [0.1, 0.15) is 19.8 Å². The summed E-state index contributed by atoms with van der Waals surface area (Å²) in [7, 11) is 0. The summed E-state index contributed by atoms with van der Waals surface area (Å²) in [6.07, 6.45) is 2.69. The highest BCUT2D eigenvalue weighted by Gasteiger charge is 2.29. The molecule has 1 aromatic rings. The number of halogens is 1. The molecule has 0 unspecified atom stereocenters. The fourth-order valence-corrected chi connectivity index (χ4v) is 2.36. The van der Waals surface area contributed by atoms with Gasteiger partial charge in [-0.3, -0.25) is 0 Å². The van der Waals surface area contributed by atoms with Gasteiger partial charge in [0.2, 0.25) is 0 Å². The minimum absolute atomic E-state index is 0.409. The van der Waals surface area contributed by atoms with E-state index >= 15 is 0 Å². The second-order valence-corrected chi connectivity index (χ2v) is 5.17. The summed E-state index contributed by atoms with van der Waals surface area (Å²) < 4.78 is 7.09. The Morgan fingerprint density at radius 3 is 2.93 bits per heavy atom. The van der Waals surface area contributed by atoms with Gasteiger partial charge in [-0.2, -0.15) is 0 Å². The number of hydrogen-bond donors (Lipinski definition) is 1. The third kappa shape index (κ3) is 3.08. The van der Waals surface area contributed by atoms with Crippen LogP contribution in [0, 0.1) is 3.57 Å². The van der Waals surface area contributed by atoms with Gasteiger partial charge < -0.3 is 10.1 Å². The average Bonchev–Trinajstić information content (AvgIpc) is 2.15. The van der Waals surface area contributed by atoms with E-state index in [-0.39, 0.29) is 0 Å². The summed E-state index contributed by atoms with van der Waals surface area (Å²) in [6, 6.07) is 8.90. The maximum absolute atomic E-state index is 5.86. The number of ether oxygens (including phenoxy) is 1. The first kappa shape index (κ1) is 11.2. The number of benzene rings is 1. The van der Waals surface area contributed by atoms with Crippen molar-refractivity contribution in [2.24, 2.45) is 0 Å². The molecule has 1 aliphatic carbocycles. The van der Waals surface area contributed by atoms with E-state index in [1.165, 1.54) is 3.57 Å². The fourth-order valence-electron chi connectivity index (χ4n) is 1.85. The summed E-state index contributed by atoms with van der Waals surface area (Å²) in [5.74, 6) is 1.00. The van der Waals surface area contributed by atoms with Gasteiger partial charge in [0.1, 0.15) is 11.9 Å². The summed E-state index contributed by atoms with van der Waals surface area (Å²) in [4.78, 5) is 0. The fraction of sp³-hybridized carbons (Fsp3) is 0.500. The maximum atomic E-state index is 5.86. The minimum atomic E-state index is 0.409. The van der Waals surface area contributed by atoms with Crippen molar-refractivity contribution in [1.29, 1.82) is 0 Å². The van der Waals surface area contributed by atoms with E-state index in [0.29, 0.717) is 12.1 Å². The molecular weight excluding hydrogens is 301 g/mol. The molecule has 1 aromatic carbocycles. The van der Waals surface area contributed by atoms with Gasteiger partial charge in [-0.1, -0.05) is 13.0 Å². The van der Waals surface area contributed by atoms with E-state index in [9.17, 15) is 0 Å². The normalized spacial score (nSPS) is 24.7. The largest absolute Gasteiger partial charge is 0.490 e. The van der Waals surface area contributed by atoms with Crippen LogP contribution in [0.4, 0.5) is 0 Å². The van der Waals surface area contributed by atoms with Crippen molar-refractivity contribution < 1.29 is 4.74 Å². The Balaban J connectivity index is 1.80. The second-order valence-electron chi connectivity index (χ2n) is 3.92. The molecule has 0 saturated heterocycles. The van der Waals surface area contributed by atoms with E-state index in [0.717, 1.165) is 25.1 Å². The molecule has 0 bridgehead atoms. The molecule has 0 radical (unpaired) electrons. The molecule has 15 heavy (non-hydrogen) atoms. The van der Waals surface area contributed by atoms with Gasteiger partial charge in [-0.15, -0.1) is 0 Å². The quantitative estimate of drug-likeness (QED) is 0.862. The van der Waals surface area contributed by atoms with Gasteiger partial charge >= 0.3 is 0 Å². The minimum Gasteiger partial charge on any atom is -0.490 e. The lowest BCUT2D eigenvalue weighted by Crippen LogP contribution is -2.46. The summed E-state index contributed by atoms with van der Waals surface area (Å²) in [6.45, 7) is 3.20. The monoisotopic (exact) mass is 317 g/mol. The zero-order valence-corrected chi connectivity index (χ0v) is 11.0. The molecule has 1 N–H and O–H groups in total. The highest BCUT2D eigenvalue weighted by Crippen LogP contribution is 2.26. The van der Waals surface area contributed by atoms with Crippen molar-refractivity contribution >= 4 is 22.6 Å². The van der Waals surface area contributed by atoms with E-state index in [4.69, 9.17) is 4.74 Å². The standard InChI is InChI=1S/C12H16INO/c1-2-14-10-7-12(8-10)15-11-5-3-4-9(13)6-11/h3-6,10,12,14H,2,7-8H2,1H3. The molecule has 0 amide bonds. The summed E-state index contributed by atoms with van der Waals surface area (Å²) in [5, 5.41) is 3.43. The van der Waals surface area contributed by atoms with Crippen LogP contribution in [-0.2, 0) is 0 Å². The molecule has 3 heteroatoms. The smallest absolute Gasteiger partial charge is 0.120 e. The lowest BCUT2D eigenvalue weighted by Gasteiger charge is -2.35. The van der Waals surface area contributed by atoms with E-state index < -0.39 is 0 Å². The topological polar surface area (TPSA) is 21.3 Å². The van der Waals surface area contributed by atoms with Crippen molar-refractivity contribution in [2.75, 3.05) is 6.54 Å². The summed E-state index contributed by atoms with van der Waals surface area (Å²) >= 11 is 2.31. The van der Waals surface area contributed by atoms with Gasteiger partial charge in [-0.05, 0) is 60.2 Å². The molecule has 1 fully saturated rings. The molecule has 2 nitrogen and oxygen atoms in total. The highest BCUT2D eigenvalue weighted by molar-refractivity contribution is 14.1. The Bertz CT molecular complexity index is 323. The Morgan fingerprint density at radius 1 is 1.47 bits per heavy atom. The average molecular weight is 317 g/mol. The number of nitrogens with one attached hydrogen (secondary N) is 1. The molecule has 2 rings (SSSR count). The number of rotatable bonds is 4. The highest BCUT2D eigenvalue weighted by atomic mass is 127. The van der Waals surface area contributed by atoms with Crippen molar-refractivity contribution in [1.82, 2.24) is 5.32 Å². The predicted octanol–water partition coefficient (Wildman–Crippen LogP) is 2.81. The van der Waals surface area contributed by atoms with Crippen molar-refractivity contribution in [3.8, 4) is 5.75 Å². The molecule has 0 aromatic heterocycles.